The lowest BCUT2D eigenvalue weighted by Crippen LogP contribution is -2.38. The summed E-state index contributed by atoms with van der Waals surface area (Å²) in [5.74, 6) is 1.75. The Balaban J connectivity index is 3.73. The van der Waals surface area contributed by atoms with Crippen molar-refractivity contribution in [1.29, 1.82) is 0 Å². The number of methoxy groups -OCH3 is 1. The minimum atomic E-state index is -4.08. The summed E-state index contributed by atoms with van der Waals surface area (Å²) in [6.45, 7) is 3.19. The Labute approximate surface area is 221 Å². The average molecular weight is 543 g/mol. The van der Waals surface area contributed by atoms with Gasteiger partial charge in [-0.3, -0.25) is 0 Å². The van der Waals surface area contributed by atoms with Crippen molar-refractivity contribution in [3.05, 3.63) is 0 Å². The maximum atomic E-state index is 12.1. The van der Waals surface area contributed by atoms with Crippen LogP contribution in [0.5, 0.6) is 0 Å². The standard InChI is InChI=1S/C26H56NO6PS/c1-6-7-8-9-10-11-12-13-14-15-16-17-18-19-22-35-24-26(31-25-30-5)23-33-34(28,29)32-21-20-27(2,3)4/h26H,6-25H2,1-5H3/p+1/t26-/m1/s1. The molecular weight excluding hydrogens is 485 g/mol. The molecule has 35 heavy (non-hydrogen) atoms. The molecule has 0 rings (SSSR count). The first kappa shape index (κ1) is 35.5. The van der Waals surface area contributed by atoms with Crippen LogP contribution >= 0.6 is 19.9 Å². The van der Waals surface area contributed by atoms with E-state index in [-0.39, 0.29) is 26.1 Å². The van der Waals surface area contributed by atoms with E-state index in [9.17, 15) is 9.79 Å². The smallest absolute Gasteiger partial charge is 0.377 e. The van der Waals surface area contributed by atoms with Gasteiger partial charge in [-0.2, -0.15) is 25.7 Å². The Morgan fingerprint density at radius 2 is 1.34 bits per heavy atom. The zero-order valence-corrected chi connectivity index (χ0v) is 25.2. The lowest BCUT2D eigenvalue weighted by molar-refractivity contribution is -0.870. The van der Waals surface area contributed by atoms with Gasteiger partial charge in [0.1, 0.15) is 26.6 Å². The van der Waals surface area contributed by atoms with Crippen LogP contribution in [0.1, 0.15) is 96.8 Å². The summed E-state index contributed by atoms with van der Waals surface area (Å²) in [6.07, 6.45) is 18.8. The third-order valence-corrected chi connectivity index (χ3v) is 7.98. The second-order valence-corrected chi connectivity index (χ2v) is 13.1. The fourth-order valence-corrected chi connectivity index (χ4v) is 5.34. The molecule has 0 amide bonds. The van der Waals surface area contributed by atoms with E-state index in [2.05, 4.69) is 6.92 Å². The number of thioether (sulfide) groups is 1. The molecule has 0 saturated heterocycles. The highest BCUT2D eigenvalue weighted by molar-refractivity contribution is 7.99. The zero-order chi connectivity index (χ0) is 26.3. The van der Waals surface area contributed by atoms with Gasteiger partial charge in [0.2, 0.25) is 0 Å². The van der Waals surface area contributed by atoms with Crippen molar-refractivity contribution in [3.8, 4) is 0 Å². The Morgan fingerprint density at radius 3 is 1.83 bits per heavy atom. The zero-order valence-electron chi connectivity index (χ0n) is 23.5. The number of hydrogen-bond donors (Lipinski definition) is 1. The quantitative estimate of drug-likeness (QED) is 0.0594. The van der Waals surface area contributed by atoms with Crippen LogP contribution in [0.15, 0.2) is 0 Å². The van der Waals surface area contributed by atoms with E-state index in [0.29, 0.717) is 16.8 Å². The van der Waals surface area contributed by atoms with Crippen molar-refractivity contribution in [2.24, 2.45) is 0 Å². The van der Waals surface area contributed by atoms with Crippen molar-refractivity contribution in [1.82, 2.24) is 0 Å². The second-order valence-electron chi connectivity index (χ2n) is 10.5. The van der Waals surface area contributed by atoms with E-state index >= 15 is 0 Å². The number of unbranched alkanes of at least 4 members (excludes halogenated alkanes) is 13. The van der Waals surface area contributed by atoms with Gasteiger partial charge in [-0.05, 0) is 12.2 Å². The third kappa shape index (κ3) is 27.4. The number of phosphoric ester groups is 1. The molecule has 0 spiro atoms. The maximum Gasteiger partial charge on any atom is 0.377 e. The number of rotatable bonds is 27. The fourth-order valence-electron chi connectivity index (χ4n) is 3.57. The SMILES string of the molecule is CCCCCCCCCCCCCCCCSC[C@@H](CO[P+]([O-])(O)OCC[N+](C)(C)C)OCOC. The average Bonchev–Trinajstić information content (AvgIpc) is 2.79. The van der Waals surface area contributed by atoms with Gasteiger partial charge in [0.05, 0.1) is 27.2 Å². The van der Waals surface area contributed by atoms with Crippen molar-refractivity contribution in [2.45, 2.75) is 103 Å². The summed E-state index contributed by atoms with van der Waals surface area (Å²) in [5.41, 5.74) is 0. The van der Waals surface area contributed by atoms with Crippen molar-refractivity contribution >= 4 is 19.9 Å². The van der Waals surface area contributed by atoms with Crippen LogP contribution in [0, 0.1) is 0 Å². The number of phosphoric acid groups is 1. The summed E-state index contributed by atoms with van der Waals surface area (Å²) in [5, 5.41) is 0. The van der Waals surface area contributed by atoms with Gasteiger partial charge >= 0.3 is 8.17 Å². The van der Waals surface area contributed by atoms with Crippen LogP contribution in [0.2, 0.25) is 0 Å². The van der Waals surface area contributed by atoms with Crippen LogP contribution < -0.4 is 4.89 Å². The minimum absolute atomic E-state index is 0.00720. The molecule has 212 valence electrons. The molecule has 0 aromatic carbocycles. The molecule has 9 heteroatoms. The van der Waals surface area contributed by atoms with Gasteiger partial charge in [0.15, 0.2) is 0 Å². The number of hydrogen-bond acceptors (Lipinski definition) is 7. The molecule has 0 aliphatic carbocycles. The Bertz CT molecular complexity index is 454. The van der Waals surface area contributed by atoms with Gasteiger partial charge in [-0.1, -0.05) is 90.4 Å². The number of nitrogens with zero attached hydrogens (tertiary/aromatic N) is 1. The highest BCUT2D eigenvalue weighted by Gasteiger charge is 2.30. The maximum absolute atomic E-state index is 12.1. The molecule has 0 aromatic heterocycles. The first-order chi connectivity index (χ1) is 16.7. The van der Waals surface area contributed by atoms with E-state index in [4.69, 9.17) is 18.5 Å². The molecule has 0 radical (unpaired) electrons. The van der Waals surface area contributed by atoms with Gasteiger partial charge < -0.3 is 18.9 Å². The lowest BCUT2D eigenvalue weighted by atomic mass is 10.0. The monoisotopic (exact) mass is 542 g/mol. The van der Waals surface area contributed by atoms with E-state index < -0.39 is 8.17 Å². The molecule has 0 aromatic rings. The third-order valence-electron chi connectivity index (χ3n) is 5.81. The molecule has 1 unspecified atom stereocenters. The van der Waals surface area contributed by atoms with E-state index in [1.165, 1.54) is 89.9 Å². The summed E-state index contributed by atoms with van der Waals surface area (Å²) in [6, 6.07) is 0. The molecular formula is C26H57NO6PS+. The minimum Gasteiger partial charge on any atom is -0.606 e. The topological polar surface area (TPSA) is 80.2 Å². The van der Waals surface area contributed by atoms with Crippen LogP contribution in [0.4, 0.5) is 0 Å². The van der Waals surface area contributed by atoms with Crippen LogP contribution in [-0.2, 0) is 18.5 Å². The molecule has 2 atom stereocenters. The molecule has 7 nitrogen and oxygen atoms in total. The van der Waals surface area contributed by atoms with Crippen molar-refractivity contribution in [3.63, 3.8) is 0 Å². The lowest BCUT2D eigenvalue weighted by Gasteiger charge is -2.26. The van der Waals surface area contributed by atoms with Gasteiger partial charge in [-0.25, -0.2) is 0 Å². The second kappa shape index (κ2) is 23.6. The van der Waals surface area contributed by atoms with Crippen LogP contribution in [0.25, 0.3) is 0 Å². The number of likely N-dealkylation sites (N-methyl/N-ethyl adjacent to an activating group) is 1. The van der Waals surface area contributed by atoms with Crippen LogP contribution in [-0.4, -0.2) is 81.8 Å². The summed E-state index contributed by atoms with van der Waals surface area (Å²) < 4.78 is 21.5. The summed E-state index contributed by atoms with van der Waals surface area (Å²) >= 11 is 1.79. The first-order valence-corrected chi connectivity index (χ1v) is 16.5. The fraction of sp³-hybridized carbons (Fsp3) is 1.00. The molecule has 0 heterocycles. The Kier molecular flexibility index (Phi) is 23.9. The highest BCUT2D eigenvalue weighted by atomic mass is 32.2. The molecule has 0 saturated carbocycles. The number of quaternary nitrogens is 1. The molecule has 0 bridgehead atoms. The predicted molar refractivity (Wildman–Crippen MR) is 148 cm³/mol. The Hall–Kier alpha value is 0.500. The Morgan fingerprint density at radius 1 is 0.829 bits per heavy atom. The van der Waals surface area contributed by atoms with Crippen molar-refractivity contribution in [2.75, 3.05) is 66.3 Å². The van der Waals surface area contributed by atoms with E-state index in [0.717, 1.165) is 5.75 Å². The van der Waals surface area contributed by atoms with Gasteiger partial charge in [0, 0.05) is 12.9 Å². The largest absolute Gasteiger partial charge is 0.606 e. The molecule has 0 aliphatic heterocycles. The van der Waals surface area contributed by atoms with Gasteiger partial charge in [0.25, 0.3) is 0 Å². The van der Waals surface area contributed by atoms with Gasteiger partial charge in [-0.15, -0.1) is 0 Å². The highest BCUT2D eigenvalue weighted by Crippen LogP contribution is 2.47. The number of ether oxygens (including phenoxy) is 2. The summed E-state index contributed by atoms with van der Waals surface area (Å²) in [4.78, 5) is 22.0. The van der Waals surface area contributed by atoms with E-state index in [1.807, 2.05) is 21.1 Å². The molecule has 1 N–H and O–H groups in total. The first-order valence-electron chi connectivity index (χ1n) is 13.8. The molecule has 0 aliphatic rings. The van der Waals surface area contributed by atoms with E-state index in [1.54, 1.807) is 18.9 Å². The van der Waals surface area contributed by atoms with Crippen LogP contribution in [0.3, 0.4) is 0 Å². The predicted octanol–water partition coefficient (Wildman–Crippen LogP) is 5.96. The van der Waals surface area contributed by atoms with Crippen molar-refractivity contribution < 1.29 is 32.8 Å². The normalized spacial score (nSPS) is 14.8. The summed E-state index contributed by atoms with van der Waals surface area (Å²) in [7, 11) is 3.47. The molecule has 0 fully saturated rings.